The van der Waals surface area contributed by atoms with Crippen LogP contribution in [-0.2, 0) is 11.0 Å². The molecule has 0 radical (unpaired) electrons. The van der Waals surface area contributed by atoms with Crippen LogP contribution in [0.3, 0.4) is 0 Å². The van der Waals surface area contributed by atoms with Gasteiger partial charge >= 0.3 is 98.8 Å². The molecule has 0 aliphatic carbocycles. The maximum Gasteiger partial charge on any atom is 3.00 e. The largest absolute Gasteiger partial charge is 3.00 e. The first-order chi connectivity index (χ1) is 45.3. The van der Waals surface area contributed by atoms with Crippen LogP contribution in [0.4, 0.5) is 0 Å². The summed E-state index contributed by atoms with van der Waals surface area (Å²) in [6.07, 6.45) is 7.21. The monoisotopic (exact) mass is 1580 g/mol. The van der Waals surface area contributed by atoms with Crippen LogP contribution in [0.1, 0.15) is 95.5 Å². The van der Waals surface area contributed by atoms with Gasteiger partial charge in [0.1, 0.15) is 0 Å². The minimum atomic E-state index is -1.23. The zero-order valence-electron chi connectivity index (χ0n) is 50.4. The number of aromatic nitrogens is 4. The molecule has 0 amide bonds. The Morgan fingerprint density at radius 1 is 0.235 bits per heavy atom. The summed E-state index contributed by atoms with van der Waals surface area (Å²) in [5, 5.41) is 116. The minimum absolute atomic E-state index is 0. The number of fused-ring (bicyclic) bond motifs is 6. The van der Waals surface area contributed by atoms with E-state index in [1.54, 1.807) is 24.8 Å². The molecule has 12 rings (SSSR count). The zero-order chi connectivity index (χ0) is 68.4. The van der Waals surface area contributed by atoms with Crippen LogP contribution in [0, 0.1) is 167 Å². The fourth-order valence-electron chi connectivity index (χ4n) is 7.44. The van der Waals surface area contributed by atoms with Gasteiger partial charge in [-0.3, -0.25) is 19.9 Å². The fraction of sp³-hybridized carbons (Fsp3) is 0. The number of hydrogen-bond donors (Lipinski definition) is 0. The fourth-order valence-corrected chi connectivity index (χ4v) is 7.44. The molecular weight excluding hydrogens is 1530 g/mol. The van der Waals surface area contributed by atoms with Crippen molar-refractivity contribution in [3.63, 3.8) is 0 Å². The first-order valence-corrected chi connectivity index (χ1v) is 26.8. The van der Waals surface area contributed by atoms with Crippen molar-refractivity contribution in [2.24, 2.45) is 0 Å². The molecule has 4 heterocycles. The number of pyridine rings is 4. The van der Waals surface area contributed by atoms with E-state index in [9.17, 15) is 59.4 Å². The Morgan fingerprint density at radius 2 is 0.367 bits per heavy atom. The van der Waals surface area contributed by atoms with Gasteiger partial charge in [0.15, 0.2) is 0 Å². The van der Waals surface area contributed by atoms with Gasteiger partial charge in [-0.05, 0) is 130 Å². The molecule has 480 valence electrons. The molecule has 0 spiro atoms. The summed E-state index contributed by atoms with van der Waals surface area (Å²) in [5.74, 6) is -7.36. The summed E-state index contributed by atoms with van der Waals surface area (Å²) in [6.45, 7) is 0. The SMILES string of the molecule is N#Cc1ccc(C(=O)[O-])cc1.N#Cc1ccc(C(=O)[O-])cc1.N#Cc1ccc(C(=O)[O-])cc1.N#Cc1ccc(C(=O)[O-])cc1.N#Cc1ccc(C(=O)[O-])cc1.N#Cc1ccc(C(=O)[O-])cc1.[Eu+3].[Eu+3].[OH3+].[OH3+].c1cnc2c(c1)ccc1cccnc12.c1cnc2c(c1)ccc1cccnc12. The van der Waals surface area contributed by atoms with Gasteiger partial charge in [0.05, 0.1) is 128 Å². The molecular formula is C72H46Eu2N10O14+2. The van der Waals surface area contributed by atoms with Gasteiger partial charge < -0.3 is 70.4 Å². The molecule has 4 aromatic heterocycles. The molecule has 0 atom stereocenters. The van der Waals surface area contributed by atoms with E-state index in [0.717, 1.165) is 43.6 Å². The molecule has 0 aliphatic rings. The molecule has 98 heavy (non-hydrogen) atoms. The summed E-state index contributed by atoms with van der Waals surface area (Å²) >= 11 is 0. The van der Waals surface area contributed by atoms with Crippen molar-refractivity contribution in [2.45, 2.75) is 0 Å². The van der Waals surface area contributed by atoms with Crippen molar-refractivity contribution >= 4 is 79.4 Å². The van der Waals surface area contributed by atoms with E-state index in [4.69, 9.17) is 31.6 Å². The van der Waals surface area contributed by atoms with E-state index in [1.807, 2.05) is 60.7 Å². The number of nitriles is 6. The average molecular weight is 1580 g/mol. The summed E-state index contributed by atoms with van der Waals surface area (Å²) in [7, 11) is 0. The van der Waals surface area contributed by atoms with Gasteiger partial charge in [-0.25, -0.2) is 0 Å². The Bertz CT molecular complexity index is 4190. The Hall–Kier alpha value is -11.8. The smallest absolute Gasteiger partial charge is 0.545 e. The Balaban J connectivity index is 0.000000558. The standard InChI is InChI=1S/2C12H8N2.6C8H5NO2.2Eu.2H2O/c2*1-3-9-5-6-10-4-2-8-14-12(10)11(9)13-7-1;6*9-5-6-1-3-7(4-2-6)8(10)11;;;;/h2*1-8H;6*1-4H,(H,10,11);;;2*1H2/q;;;;;;;;2*+3;;/p-4. The first-order valence-electron chi connectivity index (χ1n) is 26.8. The molecule has 24 nitrogen and oxygen atoms in total. The molecule has 12 aromatic rings. The zero-order valence-corrected chi connectivity index (χ0v) is 55.2. The third-order valence-electron chi connectivity index (χ3n) is 12.2. The van der Waals surface area contributed by atoms with E-state index in [0.29, 0.717) is 33.4 Å². The van der Waals surface area contributed by atoms with Crippen molar-refractivity contribution in [3.05, 3.63) is 310 Å². The molecule has 0 bridgehead atoms. The van der Waals surface area contributed by atoms with Gasteiger partial charge in [-0.1, -0.05) is 121 Å². The molecule has 6 N–H and O–H groups in total. The van der Waals surface area contributed by atoms with Crippen LogP contribution >= 0.6 is 0 Å². The predicted molar refractivity (Wildman–Crippen MR) is 337 cm³/mol. The number of carboxylic acids is 6. The second-order valence-corrected chi connectivity index (χ2v) is 18.3. The Morgan fingerprint density at radius 3 is 0.480 bits per heavy atom. The van der Waals surface area contributed by atoms with E-state index in [2.05, 4.69) is 68.5 Å². The van der Waals surface area contributed by atoms with Crippen LogP contribution in [0.5, 0.6) is 0 Å². The molecule has 0 saturated carbocycles. The third-order valence-corrected chi connectivity index (χ3v) is 12.2. The van der Waals surface area contributed by atoms with Crippen LogP contribution in [-0.4, -0.2) is 55.8 Å². The van der Waals surface area contributed by atoms with Crippen molar-refractivity contribution in [1.29, 1.82) is 31.6 Å². The molecule has 0 fully saturated rings. The van der Waals surface area contributed by atoms with Crippen LogP contribution in [0.2, 0.25) is 0 Å². The van der Waals surface area contributed by atoms with E-state index in [-0.39, 0.29) is 143 Å². The van der Waals surface area contributed by atoms with Crippen molar-refractivity contribution in [3.8, 4) is 36.4 Å². The van der Waals surface area contributed by atoms with Gasteiger partial charge in [0.25, 0.3) is 0 Å². The summed E-state index contributed by atoms with van der Waals surface area (Å²) in [5.41, 5.74) is 7.07. The van der Waals surface area contributed by atoms with Gasteiger partial charge in [-0.2, -0.15) is 31.6 Å². The van der Waals surface area contributed by atoms with Crippen LogP contribution < -0.4 is 30.6 Å². The van der Waals surface area contributed by atoms with E-state index < -0.39 is 35.8 Å². The quantitative estimate of drug-likeness (QED) is 0.170. The predicted octanol–water partition coefficient (Wildman–Crippen LogP) is 3.25. The van der Waals surface area contributed by atoms with Gasteiger partial charge in [0.2, 0.25) is 0 Å². The van der Waals surface area contributed by atoms with Crippen molar-refractivity contribution in [1.82, 2.24) is 19.9 Å². The normalized spacial score (nSPS) is 8.92. The molecule has 0 aliphatic heterocycles. The second kappa shape index (κ2) is 44.8. The van der Waals surface area contributed by atoms with Crippen molar-refractivity contribution in [2.75, 3.05) is 0 Å². The van der Waals surface area contributed by atoms with E-state index >= 15 is 0 Å². The molecule has 26 heteroatoms. The number of benzene rings is 8. The molecule has 0 unspecified atom stereocenters. The van der Waals surface area contributed by atoms with Crippen LogP contribution in [0.15, 0.2) is 243 Å². The maximum atomic E-state index is 10.2. The summed E-state index contributed by atoms with van der Waals surface area (Å²) < 4.78 is 0. The maximum absolute atomic E-state index is 10.2. The number of rotatable bonds is 6. The van der Waals surface area contributed by atoms with E-state index in [1.165, 1.54) is 146 Å². The second-order valence-electron chi connectivity index (χ2n) is 18.3. The number of carbonyl (C=O) groups is 6. The van der Waals surface area contributed by atoms with Gasteiger partial charge in [-0.15, -0.1) is 0 Å². The van der Waals surface area contributed by atoms with Crippen LogP contribution in [0.25, 0.3) is 43.6 Å². The molecule has 8 aromatic carbocycles. The topological polar surface area (TPSA) is 501 Å². The Kier molecular flexibility index (Phi) is 38.5. The number of aromatic carboxylic acids is 6. The average Bonchev–Trinajstić information content (AvgIpc) is 0.807. The minimum Gasteiger partial charge on any atom is -0.545 e. The summed E-state index contributed by atoms with van der Waals surface area (Å²) in [4.78, 5) is 78.6. The summed E-state index contributed by atoms with van der Waals surface area (Å²) in [6, 6.07) is 68.9. The molecule has 0 saturated heterocycles. The Labute approximate surface area is 639 Å². The number of hydrogen-bond acceptors (Lipinski definition) is 22. The number of nitrogens with zero attached hydrogens (tertiary/aromatic N) is 10. The first kappa shape index (κ1) is 84.3. The van der Waals surface area contributed by atoms with Crippen molar-refractivity contribution < 1.29 is 169 Å². The number of carbonyl (C=O) groups excluding carboxylic acids is 6. The number of carboxylic acid groups (broad SMARTS) is 6. The van der Waals surface area contributed by atoms with Gasteiger partial charge in [0, 0.05) is 46.3 Å². The third kappa shape index (κ3) is 27.3.